The van der Waals surface area contributed by atoms with Gasteiger partial charge >= 0.3 is 0 Å². The molecule has 20 aromatic rings. The molecule has 12 nitrogen and oxygen atoms in total. The summed E-state index contributed by atoms with van der Waals surface area (Å²) in [5.41, 5.74) is 27.7. The molecular weight excluding hydrogens is 1450 g/mol. The molecule has 2 saturated carbocycles. The summed E-state index contributed by atoms with van der Waals surface area (Å²) < 4.78 is 34.5. The predicted molar refractivity (Wildman–Crippen MR) is 481 cm³/mol. The van der Waals surface area contributed by atoms with Crippen LogP contribution >= 0.6 is 0 Å². The second kappa shape index (κ2) is 30.7. The summed E-state index contributed by atoms with van der Waals surface area (Å²) in [6, 6.07) is 66.8. The lowest BCUT2D eigenvalue weighted by Crippen LogP contribution is -2.32. The van der Waals surface area contributed by atoms with Crippen molar-refractivity contribution in [2.75, 3.05) is 0 Å². The largest absolute Gasteiger partial charge is 0.437 e. The van der Waals surface area contributed by atoms with E-state index in [0.29, 0.717) is 46.5 Å². The molecule has 0 amide bonds. The molecule has 584 valence electrons. The lowest BCUT2D eigenvalue weighted by Gasteiger charge is -2.21. The van der Waals surface area contributed by atoms with Crippen LogP contribution in [-0.4, -0.2) is 19.9 Å². The van der Waals surface area contributed by atoms with Gasteiger partial charge in [0.1, 0.15) is 28.2 Å². The molecule has 12 heteroatoms. The number of furan rings is 4. The third-order valence-electron chi connectivity index (χ3n) is 25.9. The topological polar surface area (TPSA) is 120 Å². The summed E-state index contributed by atoms with van der Waals surface area (Å²) in [6.07, 6.45) is 28.4. The normalized spacial score (nSPS) is 13.6. The number of aryl methyl sites for hydroxylation is 9. The van der Waals surface area contributed by atoms with Gasteiger partial charge in [0, 0.05) is 114 Å². The Morgan fingerprint density at radius 2 is 0.585 bits per heavy atom. The van der Waals surface area contributed by atoms with Crippen molar-refractivity contribution in [2.45, 2.75) is 144 Å². The van der Waals surface area contributed by atoms with Gasteiger partial charge in [-0.25, -0.2) is 38.2 Å². The van der Waals surface area contributed by atoms with E-state index in [2.05, 4.69) is 317 Å². The maximum absolute atomic E-state index is 6.40. The van der Waals surface area contributed by atoms with Gasteiger partial charge in [-0.1, -0.05) is 157 Å². The fourth-order valence-electron chi connectivity index (χ4n) is 19.9. The van der Waals surface area contributed by atoms with E-state index in [1.165, 1.54) is 179 Å². The maximum Gasteiger partial charge on any atom is 0.227 e. The van der Waals surface area contributed by atoms with Crippen LogP contribution in [0.4, 0.5) is 0 Å². The molecule has 0 radical (unpaired) electrons. The van der Waals surface area contributed by atoms with Crippen LogP contribution in [0.2, 0.25) is 0 Å². The third kappa shape index (κ3) is 12.9. The Morgan fingerprint density at radius 3 is 0.898 bits per heavy atom. The van der Waals surface area contributed by atoms with Gasteiger partial charge in [-0.05, 0) is 222 Å². The van der Waals surface area contributed by atoms with Crippen molar-refractivity contribution in [1.82, 2.24) is 19.9 Å². The number of rotatable bonds is 8. The highest BCUT2D eigenvalue weighted by Gasteiger charge is 2.32. The van der Waals surface area contributed by atoms with Crippen molar-refractivity contribution in [3.05, 3.63) is 288 Å². The summed E-state index contributed by atoms with van der Waals surface area (Å²) in [6.45, 7) is 19.9. The van der Waals surface area contributed by atoms with Gasteiger partial charge in [0.2, 0.25) is 45.6 Å². The molecule has 12 heterocycles. The highest BCUT2D eigenvalue weighted by atomic mass is 16.4. The molecule has 0 spiro atoms. The molecule has 0 unspecified atom stereocenters. The van der Waals surface area contributed by atoms with Crippen molar-refractivity contribution in [1.29, 1.82) is 0 Å². The molecule has 2 aliphatic carbocycles. The summed E-state index contributed by atoms with van der Waals surface area (Å²) in [7, 11) is 8.56. The van der Waals surface area contributed by atoms with Gasteiger partial charge in [0.15, 0.2) is 47.1 Å². The SMILES string of the molecule is Cc1c(-c2ccc(C(C)C)c[n+]2C)c2oc3ncccc3c2c2ccccc12.Cc1c(-c2ccc(C3CCCC3)c[n+]2C)c2oc3ncccc3c2c2ccccc12.Cc1c(-c2ccc(C3CCCCC3)c[n+]2C)c2oc3ncccc3c2c2ccccc12.Cc1c[n+](C)c(-c2c(C)c3ccccc3c3c2oc2ncccc23)cc1C(C)C. The van der Waals surface area contributed by atoms with Gasteiger partial charge < -0.3 is 17.7 Å². The van der Waals surface area contributed by atoms with E-state index in [1.54, 1.807) is 24.8 Å². The maximum atomic E-state index is 6.40. The predicted octanol–water partition coefficient (Wildman–Crippen LogP) is 26.0. The molecule has 0 N–H and O–H groups in total. The van der Waals surface area contributed by atoms with E-state index in [1.807, 2.05) is 24.3 Å². The Labute approximate surface area is 687 Å². The molecule has 0 bridgehead atoms. The Balaban J connectivity index is 0.000000105. The van der Waals surface area contributed by atoms with Crippen LogP contribution in [0.1, 0.15) is 159 Å². The molecule has 2 fully saturated rings. The first-order valence-corrected chi connectivity index (χ1v) is 42.2. The molecular formula is C106H100N8O4+4. The van der Waals surface area contributed by atoms with E-state index in [9.17, 15) is 0 Å². The molecule has 0 aliphatic heterocycles. The Hall–Kier alpha value is -12.8. The van der Waals surface area contributed by atoms with Crippen LogP contribution in [-0.2, 0) is 28.2 Å². The first-order valence-electron chi connectivity index (χ1n) is 42.2. The van der Waals surface area contributed by atoms with Crippen molar-refractivity contribution in [3.63, 3.8) is 0 Å². The van der Waals surface area contributed by atoms with Crippen LogP contribution < -0.4 is 18.3 Å². The van der Waals surface area contributed by atoms with Crippen LogP contribution in [0.5, 0.6) is 0 Å². The second-order valence-corrected chi connectivity index (χ2v) is 33.7. The van der Waals surface area contributed by atoms with Crippen molar-refractivity contribution < 1.29 is 35.9 Å². The quantitative estimate of drug-likeness (QED) is 0.138. The number of hydrogen-bond acceptors (Lipinski definition) is 8. The van der Waals surface area contributed by atoms with E-state index in [4.69, 9.17) is 17.7 Å². The zero-order chi connectivity index (χ0) is 80.9. The fourth-order valence-corrected chi connectivity index (χ4v) is 19.9. The lowest BCUT2D eigenvalue weighted by atomic mass is 9.84. The first-order chi connectivity index (χ1) is 57.5. The third-order valence-corrected chi connectivity index (χ3v) is 25.9. The molecule has 22 rings (SSSR count). The minimum absolute atomic E-state index is 0.462. The Morgan fingerprint density at radius 1 is 0.297 bits per heavy atom. The minimum Gasteiger partial charge on any atom is -0.437 e. The number of aromatic nitrogens is 8. The summed E-state index contributed by atoms with van der Waals surface area (Å²) in [4.78, 5) is 18.0. The van der Waals surface area contributed by atoms with Crippen molar-refractivity contribution >= 4 is 131 Å². The van der Waals surface area contributed by atoms with Gasteiger partial charge in [-0.15, -0.1) is 0 Å². The molecule has 8 aromatic carbocycles. The van der Waals surface area contributed by atoms with Crippen LogP contribution in [0, 0.1) is 34.6 Å². The van der Waals surface area contributed by atoms with E-state index in [-0.39, 0.29) is 0 Å². The van der Waals surface area contributed by atoms with E-state index >= 15 is 0 Å². The number of hydrogen-bond donors (Lipinski definition) is 0. The molecule has 0 atom stereocenters. The Kier molecular flexibility index (Phi) is 19.6. The number of fused-ring (bicyclic) bond motifs is 20. The Bertz CT molecular complexity index is 7390. The molecule has 118 heavy (non-hydrogen) atoms. The van der Waals surface area contributed by atoms with Crippen LogP contribution in [0.3, 0.4) is 0 Å². The monoisotopic (exact) mass is 1550 g/mol. The zero-order valence-corrected chi connectivity index (χ0v) is 69.9. The molecule has 2 aliphatic rings. The number of nitrogens with zero attached hydrogens (tertiary/aromatic N) is 8. The van der Waals surface area contributed by atoms with Gasteiger partial charge in [-0.2, -0.15) is 0 Å². The van der Waals surface area contributed by atoms with Gasteiger partial charge in [-0.3, -0.25) is 0 Å². The minimum atomic E-state index is 0.462. The zero-order valence-electron chi connectivity index (χ0n) is 69.9. The van der Waals surface area contributed by atoms with Crippen molar-refractivity contribution in [3.8, 4) is 45.0 Å². The second-order valence-electron chi connectivity index (χ2n) is 33.7. The fraction of sp³-hybridized carbons (Fsp3) is 0.245. The van der Waals surface area contributed by atoms with Gasteiger partial charge in [0.25, 0.3) is 0 Å². The summed E-state index contributed by atoms with van der Waals surface area (Å²) in [5, 5.41) is 18.9. The molecule has 12 aromatic heterocycles. The van der Waals surface area contributed by atoms with E-state index in [0.717, 1.165) is 82.2 Å². The summed E-state index contributed by atoms with van der Waals surface area (Å²) in [5.74, 6) is 2.36. The van der Waals surface area contributed by atoms with Crippen LogP contribution in [0.25, 0.3) is 176 Å². The standard InChI is InChI=1S/C28H27N2O.C27H25N2O.C26H25N2O.C25H23N2O/c1-18-21-11-6-7-12-22(21)26-23-13-8-16-29-28(23)31-27(26)25(18)24-15-14-20(17-30(24)2)19-9-4-3-5-10-19;1-17-20-10-5-6-11-21(20)25-22-12-7-15-28-27(22)30-26(25)24(17)23-14-13-19(16-29(23)2)18-8-3-4-9-18;1-15(2)21-13-22(28(5)14-16(21)3)23-17(4)18-9-6-7-10-19(18)24-20-11-8-12-27-26(20)29-25(23)24;1-15(2)17-11-12-21(27(4)14-17)22-16(3)18-8-5-6-9-19(18)23-20-10-7-13-26-25(20)28-24(22)23/h6-8,11-17,19H,3-5,9-10H2,1-2H3;5-7,10-16,18H,3-4,8-9H2,1-2H3;6-15H,1-5H3;5-15H,1-4H3/q4*+1. The van der Waals surface area contributed by atoms with Crippen molar-refractivity contribution in [2.24, 2.45) is 28.2 Å². The first kappa shape index (κ1) is 75.3. The smallest absolute Gasteiger partial charge is 0.227 e. The average molecular weight is 1550 g/mol. The average Bonchev–Trinajstić information content (AvgIpc) is 1.62. The highest BCUT2D eigenvalue weighted by molar-refractivity contribution is 6.26. The van der Waals surface area contributed by atoms with Gasteiger partial charge in [0.05, 0.1) is 22.3 Å². The van der Waals surface area contributed by atoms with Crippen LogP contribution in [0.15, 0.2) is 255 Å². The number of benzene rings is 8. The lowest BCUT2D eigenvalue weighted by molar-refractivity contribution is -0.661. The highest BCUT2D eigenvalue weighted by Crippen LogP contribution is 2.49. The summed E-state index contributed by atoms with van der Waals surface area (Å²) >= 11 is 0. The van der Waals surface area contributed by atoms with E-state index < -0.39 is 0 Å². The molecule has 0 saturated heterocycles. The number of pyridine rings is 8.